The Morgan fingerprint density at radius 3 is 2.83 bits per heavy atom. The average molecular weight is 263 g/mol. The van der Waals surface area contributed by atoms with Gasteiger partial charge in [0.25, 0.3) is 0 Å². The van der Waals surface area contributed by atoms with Gasteiger partial charge in [0.1, 0.15) is 0 Å². The van der Waals surface area contributed by atoms with E-state index in [0.29, 0.717) is 17.1 Å². The van der Waals surface area contributed by atoms with Crippen molar-refractivity contribution in [3.8, 4) is 11.6 Å². The highest BCUT2D eigenvalue weighted by Gasteiger charge is 2.18. The number of pyridine rings is 1. The molecule has 0 aromatic carbocycles. The van der Waals surface area contributed by atoms with Crippen molar-refractivity contribution < 1.29 is 14.3 Å². The minimum absolute atomic E-state index is 0.0156. The van der Waals surface area contributed by atoms with E-state index < -0.39 is 5.97 Å². The Labute approximate surface area is 106 Å². The van der Waals surface area contributed by atoms with Crippen molar-refractivity contribution in [2.75, 3.05) is 0 Å². The van der Waals surface area contributed by atoms with Gasteiger partial charge in [-0.25, -0.2) is 9.78 Å². The first-order valence-electron chi connectivity index (χ1n) is 5.13. The Bertz CT molecular complexity index is 745. The van der Waals surface area contributed by atoms with Crippen LogP contribution >= 0.6 is 11.6 Å². The normalized spacial score (nSPS) is 10.9. The van der Waals surface area contributed by atoms with Gasteiger partial charge >= 0.3 is 5.97 Å². The summed E-state index contributed by atoms with van der Waals surface area (Å²) in [5.74, 6) is -0.244. The van der Waals surface area contributed by atoms with Gasteiger partial charge in [-0.3, -0.25) is 4.40 Å². The van der Waals surface area contributed by atoms with Gasteiger partial charge in [-0.05, 0) is 35.9 Å². The van der Waals surface area contributed by atoms with E-state index in [4.69, 9.17) is 21.1 Å². The van der Waals surface area contributed by atoms with Crippen LogP contribution in [0.15, 0.2) is 40.9 Å². The van der Waals surface area contributed by atoms with E-state index in [1.54, 1.807) is 40.9 Å². The van der Waals surface area contributed by atoms with Crippen molar-refractivity contribution in [3.63, 3.8) is 0 Å². The number of imidazole rings is 1. The Morgan fingerprint density at radius 2 is 2.17 bits per heavy atom. The molecule has 90 valence electrons. The zero-order valence-corrected chi connectivity index (χ0v) is 9.76. The summed E-state index contributed by atoms with van der Waals surface area (Å²) in [6.45, 7) is 0. The lowest BCUT2D eigenvalue weighted by atomic mass is 10.3. The van der Waals surface area contributed by atoms with Crippen molar-refractivity contribution in [1.82, 2.24) is 9.38 Å². The largest absolute Gasteiger partial charge is 0.476 e. The molecule has 0 saturated carbocycles. The maximum absolute atomic E-state index is 11.1. The summed E-state index contributed by atoms with van der Waals surface area (Å²) in [6.07, 6.45) is 1.72. The van der Waals surface area contributed by atoms with Gasteiger partial charge in [0.2, 0.25) is 0 Å². The number of furan rings is 1. The molecule has 1 N–H and O–H groups in total. The molecule has 0 atom stereocenters. The Morgan fingerprint density at radius 1 is 1.33 bits per heavy atom. The molecule has 0 saturated heterocycles. The third-order valence-corrected chi connectivity index (χ3v) is 2.75. The lowest BCUT2D eigenvalue weighted by Crippen LogP contribution is -1.96. The quantitative estimate of drug-likeness (QED) is 0.771. The number of carbonyl (C=O) groups is 1. The van der Waals surface area contributed by atoms with Crippen molar-refractivity contribution in [1.29, 1.82) is 0 Å². The number of aromatic carboxylic acids is 1. The van der Waals surface area contributed by atoms with Crippen LogP contribution in [0, 0.1) is 0 Å². The second kappa shape index (κ2) is 3.89. The van der Waals surface area contributed by atoms with E-state index >= 15 is 0 Å². The van der Waals surface area contributed by atoms with E-state index in [-0.39, 0.29) is 10.9 Å². The third kappa shape index (κ3) is 1.56. The number of aromatic nitrogens is 2. The van der Waals surface area contributed by atoms with Crippen LogP contribution in [0.25, 0.3) is 17.1 Å². The van der Waals surface area contributed by atoms with Gasteiger partial charge in [-0.2, -0.15) is 0 Å². The molecule has 0 spiro atoms. The van der Waals surface area contributed by atoms with Gasteiger partial charge < -0.3 is 9.52 Å². The summed E-state index contributed by atoms with van der Waals surface area (Å²) in [6, 6.07) is 8.46. The monoisotopic (exact) mass is 262 g/mol. The van der Waals surface area contributed by atoms with Crippen molar-refractivity contribution >= 4 is 23.1 Å². The molecule has 6 heteroatoms. The molecule has 0 amide bonds. The third-order valence-electron chi connectivity index (χ3n) is 2.54. The molecule has 3 heterocycles. The molecule has 0 aliphatic carbocycles. The number of rotatable bonds is 2. The fourth-order valence-electron chi connectivity index (χ4n) is 1.80. The van der Waals surface area contributed by atoms with Crippen LogP contribution in [0.5, 0.6) is 0 Å². The Kier molecular flexibility index (Phi) is 2.34. The highest BCUT2D eigenvalue weighted by Crippen LogP contribution is 2.26. The predicted molar refractivity (Wildman–Crippen MR) is 64.9 cm³/mol. The summed E-state index contributed by atoms with van der Waals surface area (Å²) >= 11 is 5.71. The number of hydrogen-bond acceptors (Lipinski definition) is 3. The number of fused-ring (bicyclic) bond motifs is 1. The number of carboxylic acids is 1. The maximum atomic E-state index is 11.1. The van der Waals surface area contributed by atoms with Crippen LogP contribution in [-0.2, 0) is 0 Å². The van der Waals surface area contributed by atoms with Gasteiger partial charge in [-0.1, -0.05) is 6.07 Å². The zero-order valence-electron chi connectivity index (χ0n) is 9.00. The first kappa shape index (κ1) is 10.9. The number of hydrogen-bond donors (Lipinski definition) is 1. The first-order valence-corrected chi connectivity index (χ1v) is 5.50. The number of carboxylic acid groups (broad SMARTS) is 1. The summed E-state index contributed by atoms with van der Waals surface area (Å²) in [5.41, 5.74) is 0.491. The predicted octanol–water partition coefficient (Wildman–Crippen LogP) is 2.95. The minimum atomic E-state index is -1.08. The SMILES string of the molecule is O=C(O)c1nc(-c2ccc(Cl)o2)n2ccccc12. The van der Waals surface area contributed by atoms with Gasteiger partial charge in [0, 0.05) is 6.20 Å². The van der Waals surface area contributed by atoms with Crippen LogP contribution in [0.4, 0.5) is 0 Å². The fraction of sp³-hybridized carbons (Fsp3) is 0. The maximum Gasteiger partial charge on any atom is 0.356 e. The topological polar surface area (TPSA) is 67.7 Å². The van der Waals surface area contributed by atoms with Gasteiger partial charge in [0.05, 0.1) is 5.52 Å². The molecule has 0 unspecified atom stereocenters. The van der Waals surface area contributed by atoms with E-state index in [2.05, 4.69) is 4.98 Å². The zero-order chi connectivity index (χ0) is 12.7. The molecular weight excluding hydrogens is 256 g/mol. The standard InChI is InChI=1S/C12H7ClN2O3/c13-9-5-4-8(18-9)11-14-10(12(16)17)7-3-1-2-6-15(7)11/h1-6H,(H,16,17). The van der Waals surface area contributed by atoms with E-state index in [1.807, 2.05) is 0 Å². The second-order valence-corrected chi connectivity index (χ2v) is 4.02. The van der Waals surface area contributed by atoms with Crippen LogP contribution < -0.4 is 0 Å². The summed E-state index contributed by atoms with van der Waals surface area (Å²) in [5, 5.41) is 9.35. The highest BCUT2D eigenvalue weighted by molar-refractivity contribution is 6.28. The molecule has 3 aromatic rings. The van der Waals surface area contributed by atoms with Gasteiger partial charge in [0.15, 0.2) is 22.5 Å². The van der Waals surface area contributed by atoms with Crippen LogP contribution in [-0.4, -0.2) is 20.5 Å². The van der Waals surface area contributed by atoms with E-state index in [1.165, 1.54) is 0 Å². The second-order valence-electron chi connectivity index (χ2n) is 3.65. The van der Waals surface area contributed by atoms with Crippen molar-refractivity contribution in [2.24, 2.45) is 0 Å². The molecule has 3 rings (SSSR count). The molecule has 0 bridgehead atoms. The van der Waals surface area contributed by atoms with Crippen molar-refractivity contribution in [2.45, 2.75) is 0 Å². The van der Waals surface area contributed by atoms with Gasteiger partial charge in [-0.15, -0.1) is 0 Å². The van der Waals surface area contributed by atoms with Crippen LogP contribution in [0.1, 0.15) is 10.5 Å². The molecule has 3 aromatic heterocycles. The molecule has 0 aliphatic rings. The molecule has 0 fully saturated rings. The average Bonchev–Trinajstić information content (AvgIpc) is 2.92. The molecule has 0 radical (unpaired) electrons. The Balaban J connectivity index is 2.33. The summed E-state index contributed by atoms with van der Waals surface area (Å²) < 4.78 is 6.91. The fourth-order valence-corrected chi connectivity index (χ4v) is 1.95. The summed E-state index contributed by atoms with van der Waals surface area (Å²) in [7, 11) is 0. The number of halogens is 1. The molecule has 18 heavy (non-hydrogen) atoms. The molecule has 0 aliphatic heterocycles. The highest BCUT2D eigenvalue weighted by atomic mass is 35.5. The van der Waals surface area contributed by atoms with Crippen molar-refractivity contribution in [3.05, 3.63) is 47.4 Å². The minimum Gasteiger partial charge on any atom is -0.476 e. The van der Waals surface area contributed by atoms with Crippen LogP contribution in [0.3, 0.4) is 0 Å². The smallest absolute Gasteiger partial charge is 0.356 e. The summed E-state index contributed by atoms with van der Waals surface area (Å²) in [4.78, 5) is 15.2. The number of nitrogens with zero attached hydrogens (tertiary/aromatic N) is 2. The Hall–Kier alpha value is -2.27. The lowest BCUT2D eigenvalue weighted by molar-refractivity contribution is 0.0693. The molecule has 5 nitrogen and oxygen atoms in total. The van der Waals surface area contributed by atoms with Crippen LogP contribution in [0.2, 0.25) is 5.22 Å². The van der Waals surface area contributed by atoms with E-state index in [0.717, 1.165) is 0 Å². The van der Waals surface area contributed by atoms with E-state index in [9.17, 15) is 4.79 Å². The molecular formula is C12H7ClN2O3. The lowest BCUT2D eigenvalue weighted by Gasteiger charge is -1.96. The first-order chi connectivity index (χ1) is 8.66.